The molecule has 1 heterocycles. The third kappa shape index (κ3) is 6.21. The minimum atomic E-state index is -1.99. The summed E-state index contributed by atoms with van der Waals surface area (Å²) in [6.45, 7) is 4.89. The molecule has 0 aliphatic carbocycles. The highest BCUT2D eigenvalue weighted by Gasteiger charge is 2.50. The fraction of sp³-hybridized carbons (Fsp3) is 0.348. The Kier molecular flexibility index (Phi) is 7.82. The highest BCUT2D eigenvalue weighted by molar-refractivity contribution is 6.17. The van der Waals surface area contributed by atoms with Gasteiger partial charge in [0.05, 0.1) is 12.5 Å². The van der Waals surface area contributed by atoms with Crippen LogP contribution < -0.4 is 11.1 Å². The van der Waals surface area contributed by atoms with Crippen LogP contribution in [0, 0.1) is 0 Å². The van der Waals surface area contributed by atoms with E-state index >= 15 is 0 Å². The summed E-state index contributed by atoms with van der Waals surface area (Å²) in [7, 11) is 0. The van der Waals surface area contributed by atoms with Crippen molar-refractivity contribution in [3.63, 3.8) is 0 Å². The molecule has 2 atom stereocenters. The first-order valence-electron chi connectivity index (χ1n) is 9.96. The molecule has 2 rings (SSSR count). The summed E-state index contributed by atoms with van der Waals surface area (Å²) in [5.41, 5.74) is 3.89. The van der Waals surface area contributed by atoms with Crippen molar-refractivity contribution in [3.8, 4) is 0 Å². The number of aromatic nitrogens is 1. The van der Waals surface area contributed by atoms with Gasteiger partial charge in [0.1, 0.15) is 11.0 Å². The quantitative estimate of drug-likeness (QED) is 0.527. The van der Waals surface area contributed by atoms with Crippen LogP contribution in [0.25, 0.3) is 0 Å². The number of nitrogens with two attached hydrogens (primary N) is 1. The van der Waals surface area contributed by atoms with Gasteiger partial charge in [0.25, 0.3) is 0 Å². The molecule has 2 aromatic rings. The zero-order valence-electron chi connectivity index (χ0n) is 18.2. The molecule has 0 bridgehead atoms. The second-order valence-electron chi connectivity index (χ2n) is 8.33. The van der Waals surface area contributed by atoms with Crippen molar-refractivity contribution in [2.24, 2.45) is 5.73 Å². The number of carbonyl (C=O) groups excluding carboxylic acids is 3. The molecule has 0 fully saturated rings. The number of carbonyl (C=O) groups is 4. The van der Waals surface area contributed by atoms with Gasteiger partial charge in [-0.25, -0.2) is 4.79 Å². The number of carboxylic acid groups (broad SMARTS) is 1. The number of imide groups is 1. The van der Waals surface area contributed by atoms with Gasteiger partial charge >= 0.3 is 12.1 Å². The molecule has 0 radical (unpaired) electrons. The number of nitrogens with zero attached hydrogens (tertiary/aromatic N) is 1. The summed E-state index contributed by atoms with van der Waals surface area (Å²) in [6, 6.07) is 10.1. The van der Waals surface area contributed by atoms with Crippen LogP contribution in [0.1, 0.15) is 38.3 Å². The van der Waals surface area contributed by atoms with Gasteiger partial charge in [-0.15, -0.1) is 0 Å². The van der Waals surface area contributed by atoms with E-state index in [0.717, 1.165) is 0 Å². The molecule has 0 spiro atoms. The summed E-state index contributed by atoms with van der Waals surface area (Å²) in [6.07, 6.45) is 0.921. The lowest BCUT2D eigenvalue weighted by molar-refractivity contribution is -0.143. The van der Waals surface area contributed by atoms with E-state index in [4.69, 9.17) is 15.6 Å². The Bertz CT molecular complexity index is 972. The van der Waals surface area contributed by atoms with Crippen LogP contribution in [-0.2, 0) is 31.0 Å². The molecule has 1 unspecified atom stereocenters. The maximum absolute atomic E-state index is 13.6. The summed E-state index contributed by atoms with van der Waals surface area (Å²) in [4.78, 5) is 54.7. The molecule has 9 heteroatoms. The number of rotatable bonds is 8. The number of ketones is 1. The predicted molar refractivity (Wildman–Crippen MR) is 116 cm³/mol. The zero-order chi connectivity index (χ0) is 23.9. The lowest BCUT2D eigenvalue weighted by Gasteiger charge is -2.33. The van der Waals surface area contributed by atoms with Gasteiger partial charge in [0.15, 0.2) is 5.78 Å². The summed E-state index contributed by atoms with van der Waals surface area (Å²) >= 11 is 0. The Morgan fingerprint density at radius 2 is 1.66 bits per heavy atom. The molecule has 170 valence electrons. The smallest absolute Gasteiger partial charge is 0.414 e. The molecule has 1 aromatic heterocycles. The average Bonchev–Trinajstić information content (AvgIpc) is 2.70. The normalized spacial score (nSPS) is 14.0. The summed E-state index contributed by atoms with van der Waals surface area (Å²) < 4.78 is 5.17. The zero-order valence-corrected chi connectivity index (χ0v) is 18.2. The summed E-state index contributed by atoms with van der Waals surface area (Å²) in [5, 5.41) is 11.3. The number of alkyl carbamates (subject to hydrolysis) is 1. The predicted octanol–water partition coefficient (Wildman–Crippen LogP) is 1.98. The Hall–Kier alpha value is -3.59. The fourth-order valence-corrected chi connectivity index (χ4v) is 3.29. The second kappa shape index (κ2) is 10.1. The first kappa shape index (κ1) is 24.7. The molecule has 1 aromatic carbocycles. The lowest BCUT2D eigenvalue weighted by atomic mass is 9.69. The molecule has 32 heavy (non-hydrogen) atoms. The van der Waals surface area contributed by atoms with Crippen molar-refractivity contribution >= 4 is 23.8 Å². The van der Waals surface area contributed by atoms with Crippen LogP contribution >= 0.6 is 0 Å². The average molecular weight is 441 g/mol. The van der Waals surface area contributed by atoms with Crippen molar-refractivity contribution in [1.29, 1.82) is 0 Å². The number of ether oxygens (including phenoxy) is 1. The second-order valence-corrected chi connectivity index (χ2v) is 8.33. The fourth-order valence-electron chi connectivity index (χ4n) is 3.29. The van der Waals surface area contributed by atoms with E-state index in [9.17, 15) is 19.2 Å². The monoisotopic (exact) mass is 441 g/mol. The van der Waals surface area contributed by atoms with E-state index in [1.54, 1.807) is 51.1 Å². The Labute approximate surface area is 186 Å². The lowest BCUT2D eigenvalue weighted by Crippen LogP contribution is -2.58. The van der Waals surface area contributed by atoms with Gasteiger partial charge in [-0.1, -0.05) is 30.3 Å². The maximum Gasteiger partial charge on any atom is 0.414 e. The van der Waals surface area contributed by atoms with E-state index in [1.165, 1.54) is 24.5 Å². The molecule has 0 aliphatic heterocycles. The largest absolute Gasteiger partial charge is 0.481 e. The van der Waals surface area contributed by atoms with E-state index < -0.39 is 47.2 Å². The molecule has 2 amide bonds. The molecular formula is C23H27N3O6. The number of Topliss-reactive ketones (excluding diaryl/α,β-unsaturated/α-hetero) is 1. The highest BCUT2D eigenvalue weighted by atomic mass is 16.6. The topological polar surface area (TPSA) is 149 Å². The SMILES string of the molecule is CC(C)(C)OC(=O)NC(=O)C(Cc1ccccc1)(C(=O)[C@@H](N)CC(=O)O)c1ccncc1. The van der Waals surface area contributed by atoms with E-state index in [2.05, 4.69) is 10.3 Å². The number of hydrogen-bond donors (Lipinski definition) is 3. The minimum Gasteiger partial charge on any atom is -0.481 e. The number of pyridine rings is 1. The number of aliphatic carboxylic acids is 1. The van der Waals surface area contributed by atoms with Crippen molar-refractivity contribution in [2.75, 3.05) is 0 Å². The van der Waals surface area contributed by atoms with Crippen molar-refractivity contribution in [1.82, 2.24) is 10.3 Å². The third-order valence-corrected chi connectivity index (χ3v) is 4.64. The first-order chi connectivity index (χ1) is 15.0. The van der Waals surface area contributed by atoms with Gasteiger partial charge in [-0.05, 0) is 50.5 Å². The van der Waals surface area contributed by atoms with E-state index in [0.29, 0.717) is 5.56 Å². The van der Waals surface area contributed by atoms with Crippen LogP contribution in [-0.4, -0.2) is 45.5 Å². The maximum atomic E-state index is 13.6. The van der Waals surface area contributed by atoms with Gasteiger partial charge in [-0.2, -0.15) is 0 Å². The van der Waals surface area contributed by atoms with Crippen molar-refractivity contribution in [2.45, 2.75) is 50.7 Å². The van der Waals surface area contributed by atoms with Crippen LogP contribution in [0.2, 0.25) is 0 Å². The number of amides is 2. The minimum absolute atomic E-state index is 0.154. The van der Waals surface area contributed by atoms with Crippen molar-refractivity contribution in [3.05, 3.63) is 66.0 Å². The van der Waals surface area contributed by atoms with Gasteiger partial charge < -0.3 is 15.6 Å². The molecule has 0 aliphatic rings. The Morgan fingerprint density at radius 3 is 2.19 bits per heavy atom. The third-order valence-electron chi connectivity index (χ3n) is 4.64. The molecule has 0 saturated carbocycles. The van der Waals surface area contributed by atoms with E-state index in [1.807, 2.05) is 0 Å². The molecular weight excluding hydrogens is 414 g/mol. The number of benzene rings is 1. The van der Waals surface area contributed by atoms with Gasteiger partial charge in [0.2, 0.25) is 5.91 Å². The van der Waals surface area contributed by atoms with Crippen LogP contribution in [0.3, 0.4) is 0 Å². The molecule has 4 N–H and O–H groups in total. The van der Waals surface area contributed by atoms with Gasteiger partial charge in [0, 0.05) is 12.4 Å². The molecule has 0 saturated heterocycles. The highest BCUT2D eigenvalue weighted by Crippen LogP contribution is 2.32. The van der Waals surface area contributed by atoms with Crippen LogP contribution in [0.15, 0.2) is 54.9 Å². The van der Waals surface area contributed by atoms with Crippen LogP contribution in [0.4, 0.5) is 4.79 Å². The number of carboxylic acids is 1. The number of hydrogen-bond acceptors (Lipinski definition) is 7. The Balaban J connectivity index is 2.62. The summed E-state index contributed by atoms with van der Waals surface area (Å²) in [5.74, 6) is -3.09. The van der Waals surface area contributed by atoms with E-state index in [-0.39, 0.29) is 12.0 Å². The molecule has 9 nitrogen and oxygen atoms in total. The Morgan fingerprint density at radius 1 is 1.06 bits per heavy atom. The van der Waals surface area contributed by atoms with Crippen LogP contribution in [0.5, 0.6) is 0 Å². The first-order valence-corrected chi connectivity index (χ1v) is 9.96. The number of nitrogens with one attached hydrogen (secondary N) is 1. The van der Waals surface area contributed by atoms with Gasteiger partial charge in [-0.3, -0.25) is 24.7 Å². The van der Waals surface area contributed by atoms with Crippen molar-refractivity contribution < 1.29 is 29.0 Å². The standard InChI is InChI=1S/C23H27N3O6/c1-22(2,3)32-21(31)26-20(30)23(16-9-11-25-12-10-16,14-15-7-5-4-6-8-15)19(29)17(24)13-18(27)28/h4-12,17H,13-14,24H2,1-3H3,(H,27,28)(H,26,30,31)/t17-,23?/m0/s1.